The second-order valence-corrected chi connectivity index (χ2v) is 7.22. The molecule has 0 spiro atoms. The van der Waals surface area contributed by atoms with Gasteiger partial charge in [-0.3, -0.25) is 4.68 Å². The molecule has 1 fully saturated rings. The summed E-state index contributed by atoms with van der Waals surface area (Å²) in [6.45, 7) is 0.296. The molecule has 3 N–H and O–H groups in total. The summed E-state index contributed by atoms with van der Waals surface area (Å²) in [6.07, 6.45) is 9.11. The first-order valence-electron chi connectivity index (χ1n) is 6.69. The normalized spacial score (nSPS) is 20.1. The number of aromatic nitrogens is 2. The summed E-state index contributed by atoms with van der Waals surface area (Å²) in [7, 11) is -1.81. The minimum Gasteiger partial charge on any atom is -0.324 e. The largest absolute Gasteiger partial charge is 0.324 e. The van der Waals surface area contributed by atoms with Gasteiger partial charge in [-0.15, -0.1) is 0 Å². The molecule has 6 nitrogen and oxygen atoms in total. The zero-order valence-electron chi connectivity index (χ0n) is 11.3. The van der Waals surface area contributed by atoms with Crippen LogP contribution in [0.4, 0.5) is 0 Å². The van der Waals surface area contributed by atoms with Crippen LogP contribution in [0.2, 0.25) is 0 Å². The number of hydrogen-bond donors (Lipinski definition) is 2. The maximum Gasteiger partial charge on any atom is 0.243 e. The lowest BCUT2D eigenvalue weighted by atomic mass is 9.92. The molecule has 0 unspecified atom stereocenters. The number of nitrogens with two attached hydrogens (primary N) is 1. The highest BCUT2D eigenvalue weighted by molar-refractivity contribution is 7.89. The molecule has 0 aromatic carbocycles. The third kappa shape index (κ3) is 3.77. The van der Waals surface area contributed by atoms with E-state index in [9.17, 15) is 8.42 Å². The van der Waals surface area contributed by atoms with Gasteiger partial charge in [0.05, 0.1) is 6.20 Å². The van der Waals surface area contributed by atoms with Crippen LogP contribution < -0.4 is 10.5 Å². The Bertz CT molecular complexity index is 516. The summed E-state index contributed by atoms with van der Waals surface area (Å²) in [5, 5.41) is 3.88. The fourth-order valence-corrected chi connectivity index (χ4v) is 3.59. The monoisotopic (exact) mass is 286 g/mol. The van der Waals surface area contributed by atoms with Gasteiger partial charge in [0.2, 0.25) is 10.0 Å². The lowest BCUT2D eigenvalue weighted by Gasteiger charge is -2.28. The molecular formula is C12H22N4O2S. The maximum atomic E-state index is 12.1. The molecule has 1 aromatic heterocycles. The molecule has 1 saturated carbocycles. The molecule has 1 aromatic rings. The third-order valence-corrected chi connectivity index (χ3v) is 5.06. The number of sulfonamides is 1. The summed E-state index contributed by atoms with van der Waals surface area (Å²) in [5.74, 6) is 0. The SMILES string of the molecule is Cn1cc(S(=O)(=O)NCC2(N)CCCCCC2)cn1. The quantitative estimate of drug-likeness (QED) is 0.799. The fourth-order valence-electron chi connectivity index (χ4n) is 2.47. The number of aryl methyl sites for hydroxylation is 1. The summed E-state index contributed by atoms with van der Waals surface area (Å²) >= 11 is 0. The predicted octanol–water partition coefficient (Wildman–Crippen LogP) is 0.750. The maximum absolute atomic E-state index is 12.1. The molecule has 19 heavy (non-hydrogen) atoms. The summed E-state index contributed by atoms with van der Waals surface area (Å²) < 4.78 is 28.3. The molecule has 1 aliphatic carbocycles. The third-order valence-electron chi connectivity index (χ3n) is 3.71. The van der Waals surface area contributed by atoms with Crippen LogP contribution in [-0.2, 0) is 17.1 Å². The van der Waals surface area contributed by atoms with E-state index in [2.05, 4.69) is 9.82 Å². The Labute approximate surface area is 114 Å². The molecule has 7 heteroatoms. The van der Waals surface area contributed by atoms with Gasteiger partial charge < -0.3 is 5.73 Å². The molecule has 0 amide bonds. The van der Waals surface area contributed by atoms with Crippen molar-refractivity contribution < 1.29 is 8.42 Å². The van der Waals surface area contributed by atoms with Crippen molar-refractivity contribution in [2.24, 2.45) is 12.8 Å². The van der Waals surface area contributed by atoms with Crippen molar-refractivity contribution in [2.75, 3.05) is 6.54 Å². The van der Waals surface area contributed by atoms with E-state index in [0.29, 0.717) is 6.54 Å². The Hall–Kier alpha value is -0.920. The van der Waals surface area contributed by atoms with Crippen LogP contribution in [-0.4, -0.2) is 30.3 Å². The number of rotatable bonds is 4. The van der Waals surface area contributed by atoms with Crippen molar-refractivity contribution in [2.45, 2.75) is 49.0 Å². The zero-order valence-corrected chi connectivity index (χ0v) is 12.1. The highest BCUT2D eigenvalue weighted by atomic mass is 32.2. The molecule has 0 bridgehead atoms. The van der Waals surface area contributed by atoms with E-state index in [1.807, 2.05) is 0 Å². The first kappa shape index (κ1) is 14.5. The molecule has 108 valence electrons. The Morgan fingerprint density at radius 3 is 2.53 bits per heavy atom. The van der Waals surface area contributed by atoms with E-state index in [-0.39, 0.29) is 4.90 Å². The minimum atomic E-state index is -3.50. The summed E-state index contributed by atoms with van der Waals surface area (Å²) in [6, 6.07) is 0. The van der Waals surface area contributed by atoms with Crippen molar-refractivity contribution in [3.05, 3.63) is 12.4 Å². The van der Waals surface area contributed by atoms with Gasteiger partial charge >= 0.3 is 0 Å². The predicted molar refractivity (Wildman–Crippen MR) is 73.0 cm³/mol. The molecule has 1 heterocycles. The molecule has 2 rings (SSSR count). The van der Waals surface area contributed by atoms with E-state index in [4.69, 9.17) is 5.73 Å². The van der Waals surface area contributed by atoms with Gasteiger partial charge in [0.15, 0.2) is 0 Å². The molecule has 0 atom stereocenters. The van der Waals surface area contributed by atoms with E-state index in [1.54, 1.807) is 7.05 Å². The Morgan fingerprint density at radius 1 is 1.37 bits per heavy atom. The lowest BCUT2D eigenvalue weighted by molar-refractivity contribution is 0.369. The van der Waals surface area contributed by atoms with E-state index in [0.717, 1.165) is 25.7 Å². The minimum absolute atomic E-state index is 0.187. The van der Waals surface area contributed by atoms with Crippen LogP contribution in [0.1, 0.15) is 38.5 Å². The second kappa shape index (κ2) is 5.60. The molecule has 0 radical (unpaired) electrons. The average molecular weight is 286 g/mol. The Morgan fingerprint density at radius 2 is 2.00 bits per heavy atom. The highest BCUT2D eigenvalue weighted by Gasteiger charge is 2.28. The topological polar surface area (TPSA) is 90.0 Å². The molecule has 0 aliphatic heterocycles. The van der Waals surface area contributed by atoms with E-state index < -0.39 is 15.6 Å². The summed E-state index contributed by atoms with van der Waals surface area (Å²) in [5.41, 5.74) is 5.89. The van der Waals surface area contributed by atoms with Gasteiger partial charge in [-0.1, -0.05) is 25.7 Å². The van der Waals surface area contributed by atoms with E-state index >= 15 is 0 Å². The lowest BCUT2D eigenvalue weighted by Crippen LogP contribution is -2.49. The van der Waals surface area contributed by atoms with Crippen LogP contribution in [0.25, 0.3) is 0 Å². The van der Waals surface area contributed by atoms with Crippen LogP contribution in [0.15, 0.2) is 17.3 Å². The van der Waals surface area contributed by atoms with Gasteiger partial charge in [0.25, 0.3) is 0 Å². The van der Waals surface area contributed by atoms with Crippen LogP contribution >= 0.6 is 0 Å². The van der Waals surface area contributed by atoms with Crippen LogP contribution in [0.3, 0.4) is 0 Å². The van der Waals surface area contributed by atoms with Gasteiger partial charge in [0, 0.05) is 25.3 Å². The van der Waals surface area contributed by atoms with Gasteiger partial charge in [0.1, 0.15) is 4.90 Å². The number of hydrogen-bond acceptors (Lipinski definition) is 4. The fraction of sp³-hybridized carbons (Fsp3) is 0.750. The Kier molecular flexibility index (Phi) is 4.27. The average Bonchev–Trinajstić information content (AvgIpc) is 2.68. The van der Waals surface area contributed by atoms with Crippen LogP contribution in [0, 0.1) is 0 Å². The number of nitrogens with zero attached hydrogens (tertiary/aromatic N) is 2. The van der Waals surface area contributed by atoms with Crippen molar-refractivity contribution in [3.8, 4) is 0 Å². The van der Waals surface area contributed by atoms with Gasteiger partial charge in [-0.2, -0.15) is 5.10 Å². The molecular weight excluding hydrogens is 264 g/mol. The van der Waals surface area contributed by atoms with Crippen molar-refractivity contribution in [1.82, 2.24) is 14.5 Å². The molecule has 0 saturated heterocycles. The van der Waals surface area contributed by atoms with Crippen LogP contribution in [0.5, 0.6) is 0 Å². The van der Waals surface area contributed by atoms with Gasteiger partial charge in [-0.05, 0) is 12.8 Å². The summed E-state index contributed by atoms with van der Waals surface area (Å²) in [4.78, 5) is 0.187. The smallest absolute Gasteiger partial charge is 0.243 e. The van der Waals surface area contributed by atoms with E-state index in [1.165, 1.54) is 29.9 Å². The van der Waals surface area contributed by atoms with Crippen molar-refractivity contribution in [3.63, 3.8) is 0 Å². The zero-order chi connectivity index (χ0) is 13.9. The Balaban J connectivity index is 2.01. The highest BCUT2D eigenvalue weighted by Crippen LogP contribution is 2.24. The first-order valence-corrected chi connectivity index (χ1v) is 8.17. The number of nitrogens with one attached hydrogen (secondary N) is 1. The standard InChI is InChI=1S/C12H22N4O2S/c1-16-9-11(8-14-16)19(17,18)15-10-12(13)6-4-2-3-5-7-12/h8-9,15H,2-7,10,13H2,1H3. The van der Waals surface area contributed by atoms with Gasteiger partial charge in [-0.25, -0.2) is 13.1 Å². The molecule has 1 aliphatic rings. The van der Waals surface area contributed by atoms with Crippen molar-refractivity contribution in [1.29, 1.82) is 0 Å². The first-order chi connectivity index (χ1) is 8.91. The second-order valence-electron chi connectivity index (χ2n) is 5.45. The van der Waals surface area contributed by atoms with Crippen molar-refractivity contribution >= 4 is 10.0 Å².